The number of carbonyl (C=O) groups excluding carboxylic acids is 1. The second-order valence-corrected chi connectivity index (χ2v) is 3.98. The topological polar surface area (TPSA) is 92.9 Å². The quantitative estimate of drug-likeness (QED) is 0.631. The minimum Gasteiger partial charge on any atom is -0.490 e. The van der Waals surface area contributed by atoms with Crippen molar-refractivity contribution in [2.24, 2.45) is 0 Å². The smallest absolute Gasteiger partial charge is 0.312 e. The molecule has 1 amide bonds. The molecule has 2 rings (SSSR count). The number of methoxy groups -OCH3 is 1. The van der Waals surface area contributed by atoms with Crippen molar-refractivity contribution in [2.45, 2.75) is 12.5 Å². The lowest BCUT2D eigenvalue weighted by Gasteiger charge is -2.16. The number of carbonyl (C=O) groups is 1. The van der Waals surface area contributed by atoms with E-state index in [1.807, 2.05) is 0 Å². The summed E-state index contributed by atoms with van der Waals surface area (Å²) in [6.45, 7) is 0.155. The summed E-state index contributed by atoms with van der Waals surface area (Å²) < 4.78 is 4.88. The van der Waals surface area contributed by atoms with Gasteiger partial charge in [-0.05, 0) is 12.1 Å². The van der Waals surface area contributed by atoms with Gasteiger partial charge < -0.3 is 14.7 Å². The Labute approximate surface area is 103 Å². The molecule has 0 spiro atoms. The number of nitro benzene ring substituents is 1. The van der Waals surface area contributed by atoms with Crippen molar-refractivity contribution in [2.75, 3.05) is 18.6 Å². The summed E-state index contributed by atoms with van der Waals surface area (Å²) in [6, 6.07) is 4.27. The summed E-state index contributed by atoms with van der Waals surface area (Å²) in [5.41, 5.74) is 0.188. The highest BCUT2D eigenvalue weighted by atomic mass is 16.6. The van der Waals surface area contributed by atoms with Gasteiger partial charge >= 0.3 is 5.69 Å². The fourth-order valence-electron chi connectivity index (χ4n) is 1.93. The maximum absolute atomic E-state index is 11.6. The molecule has 7 nitrogen and oxygen atoms in total. The van der Waals surface area contributed by atoms with Crippen molar-refractivity contribution >= 4 is 17.3 Å². The molecule has 1 N–H and O–H groups in total. The van der Waals surface area contributed by atoms with Gasteiger partial charge in [0.1, 0.15) is 0 Å². The maximum Gasteiger partial charge on any atom is 0.312 e. The van der Waals surface area contributed by atoms with Crippen LogP contribution in [0.3, 0.4) is 0 Å². The zero-order valence-corrected chi connectivity index (χ0v) is 9.70. The Morgan fingerprint density at radius 3 is 2.78 bits per heavy atom. The van der Waals surface area contributed by atoms with Crippen molar-refractivity contribution in [1.29, 1.82) is 0 Å². The average Bonchev–Trinajstić information content (AvgIpc) is 2.67. The van der Waals surface area contributed by atoms with Gasteiger partial charge in [-0.1, -0.05) is 0 Å². The monoisotopic (exact) mass is 252 g/mol. The number of aliphatic hydroxyl groups excluding tert-OH is 1. The molecule has 1 aliphatic heterocycles. The van der Waals surface area contributed by atoms with Crippen molar-refractivity contribution in [3.05, 3.63) is 28.3 Å². The highest BCUT2D eigenvalue weighted by molar-refractivity contribution is 5.96. The first kappa shape index (κ1) is 12.3. The van der Waals surface area contributed by atoms with Crippen molar-refractivity contribution in [1.82, 2.24) is 0 Å². The third kappa shape index (κ3) is 2.12. The number of aliphatic hydroxyl groups is 1. The van der Waals surface area contributed by atoms with E-state index in [4.69, 9.17) is 4.74 Å². The molecule has 0 aliphatic carbocycles. The third-order valence-corrected chi connectivity index (χ3v) is 2.78. The van der Waals surface area contributed by atoms with E-state index in [9.17, 15) is 20.0 Å². The lowest BCUT2D eigenvalue weighted by atomic mass is 10.2. The summed E-state index contributed by atoms with van der Waals surface area (Å²) in [7, 11) is 1.34. The van der Waals surface area contributed by atoms with E-state index >= 15 is 0 Å². The summed E-state index contributed by atoms with van der Waals surface area (Å²) in [5.74, 6) is -0.113. The Morgan fingerprint density at radius 2 is 2.28 bits per heavy atom. The van der Waals surface area contributed by atoms with Crippen LogP contribution in [0.15, 0.2) is 18.2 Å². The number of rotatable bonds is 3. The first-order valence-electron chi connectivity index (χ1n) is 5.33. The molecule has 1 aromatic carbocycles. The van der Waals surface area contributed by atoms with Crippen LogP contribution in [-0.2, 0) is 4.79 Å². The molecule has 1 atom stereocenters. The minimum absolute atomic E-state index is 0.0415. The van der Waals surface area contributed by atoms with Gasteiger partial charge in [0.2, 0.25) is 5.91 Å². The largest absolute Gasteiger partial charge is 0.490 e. The molecule has 0 saturated carbocycles. The number of anilines is 1. The Balaban J connectivity index is 2.38. The Kier molecular flexibility index (Phi) is 3.15. The van der Waals surface area contributed by atoms with E-state index in [0.717, 1.165) is 0 Å². The summed E-state index contributed by atoms with van der Waals surface area (Å²) in [6.07, 6.45) is -0.682. The number of nitro groups is 1. The van der Waals surface area contributed by atoms with Crippen molar-refractivity contribution in [3.8, 4) is 5.75 Å². The lowest BCUT2D eigenvalue weighted by molar-refractivity contribution is -0.385. The van der Waals surface area contributed by atoms with Crippen LogP contribution in [0.2, 0.25) is 0 Å². The predicted molar refractivity (Wildman–Crippen MR) is 62.6 cm³/mol. The molecule has 0 bridgehead atoms. The highest BCUT2D eigenvalue weighted by Gasteiger charge is 2.30. The van der Waals surface area contributed by atoms with E-state index < -0.39 is 11.0 Å². The van der Waals surface area contributed by atoms with Gasteiger partial charge in [-0.25, -0.2) is 0 Å². The second kappa shape index (κ2) is 4.61. The molecule has 7 heteroatoms. The van der Waals surface area contributed by atoms with Gasteiger partial charge in [-0.2, -0.15) is 0 Å². The number of nitrogens with zero attached hydrogens (tertiary/aromatic N) is 2. The number of β-amino-alcohol motifs (C(OH)–C–C–N with tert-alkyl or cyclic N) is 1. The van der Waals surface area contributed by atoms with E-state index in [0.29, 0.717) is 5.69 Å². The predicted octanol–water partition coefficient (Wildman–Crippen LogP) is 0.701. The fraction of sp³-hybridized carbons (Fsp3) is 0.364. The van der Waals surface area contributed by atoms with Gasteiger partial charge in [0, 0.05) is 6.07 Å². The van der Waals surface area contributed by atoms with E-state index in [1.165, 1.54) is 24.1 Å². The Hall–Kier alpha value is -2.15. The van der Waals surface area contributed by atoms with Crippen LogP contribution >= 0.6 is 0 Å². The van der Waals surface area contributed by atoms with Gasteiger partial charge in [-0.15, -0.1) is 0 Å². The average molecular weight is 252 g/mol. The van der Waals surface area contributed by atoms with Gasteiger partial charge in [0.25, 0.3) is 0 Å². The standard InChI is InChI=1S/C11H12N2O5/c1-18-10-3-2-7(4-9(10)13(16)17)12-6-8(14)5-11(12)15/h2-4,8,14H,5-6H2,1H3. The molecule has 0 radical (unpaired) electrons. The number of hydrogen-bond donors (Lipinski definition) is 1. The highest BCUT2D eigenvalue weighted by Crippen LogP contribution is 2.32. The van der Waals surface area contributed by atoms with Gasteiger partial charge in [-0.3, -0.25) is 14.9 Å². The van der Waals surface area contributed by atoms with Gasteiger partial charge in [0.05, 0.1) is 36.8 Å². The molecule has 96 valence electrons. The molecular weight excluding hydrogens is 240 g/mol. The van der Waals surface area contributed by atoms with Crippen LogP contribution in [0.5, 0.6) is 5.75 Å². The van der Waals surface area contributed by atoms with Crippen LogP contribution < -0.4 is 9.64 Å². The third-order valence-electron chi connectivity index (χ3n) is 2.78. The van der Waals surface area contributed by atoms with Crippen LogP contribution in [0.4, 0.5) is 11.4 Å². The van der Waals surface area contributed by atoms with E-state index in [-0.39, 0.29) is 30.3 Å². The second-order valence-electron chi connectivity index (χ2n) is 3.98. The SMILES string of the molecule is COc1ccc(N2CC(O)CC2=O)cc1[N+](=O)[O-]. The first-order valence-corrected chi connectivity index (χ1v) is 5.33. The zero-order valence-electron chi connectivity index (χ0n) is 9.70. The summed E-state index contributed by atoms with van der Waals surface area (Å²) in [5, 5.41) is 20.3. The number of amides is 1. The normalized spacial score (nSPS) is 19.1. The molecular formula is C11H12N2O5. The van der Waals surface area contributed by atoms with E-state index in [1.54, 1.807) is 6.07 Å². The molecule has 1 aromatic rings. The molecule has 1 heterocycles. The molecule has 1 saturated heterocycles. The number of ether oxygens (including phenoxy) is 1. The number of benzene rings is 1. The summed E-state index contributed by atoms with van der Waals surface area (Å²) in [4.78, 5) is 23.2. The molecule has 1 aliphatic rings. The van der Waals surface area contributed by atoms with Gasteiger partial charge in [0.15, 0.2) is 5.75 Å². The molecule has 1 unspecified atom stereocenters. The Bertz CT molecular complexity index is 502. The van der Waals surface area contributed by atoms with Crippen LogP contribution in [0.1, 0.15) is 6.42 Å². The van der Waals surface area contributed by atoms with Crippen LogP contribution in [0, 0.1) is 10.1 Å². The zero-order chi connectivity index (χ0) is 13.3. The van der Waals surface area contributed by atoms with E-state index in [2.05, 4.69) is 0 Å². The van der Waals surface area contributed by atoms with Crippen molar-refractivity contribution < 1.29 is 19.6 Å². The lowest BCUT2D eigenvalue weighted by Crippen LogP contribution is -2.25. The number of hydrogen-bond acceptors (Lipinski definition) is 5. The first-order chi connectivity index (χ1) is 8.52. The molecule has 18 heavy (non-hydrogen) atoms. The molecule has 0 aromatic heterocycles. The molecule has 1 fully saturated rings. The minimum atomic E-state index is -0.723. The van der Waals surface area contributed by atoms with Crippen LogP contribution in [0.25, 0.3) is 0 Å². The summed E-state index contributed by atoms with van der Waals surface area (Å²) >= 11 is 0. The van der Waals surface area contributed by atoms with Crippen LogP contribution in [-0.4, -0.2) is 35.7 Å². The fourth-order valence-corrected chi connectivity index (χ4v) is 1.93. The Morgan fingerprint density at radius 1 is 1.56 bits per heavy atom. The maximum atomic E-state index is 11.6. The van der Waals surface area contributed by atoms with Crippen molar-refractivity contribution in [3.63, 3.8) is 0 Å².